The minimum atomic E-state index is -3.53. The van der Waals surface area contributed by atoms with Gasteiger partial charge in [-0.3, -0.25) is 0 Å². The van der Waals surface area contributed by atoms with Crippen LogP contribution in [0.15, 0.2) is 29.2 Å². The van der Waals surface area contributed by atoms with Crippen LogP contribution in [0, 0.1) is 11.3 Å². The fraction of sp³-hybridized carbons (Fsp3) is 0.529. The number of sulfone groups is 1. The summed E-state index contributed by atoms with van der Waals surface area (Å²) in [6.07, 6.45) is 1.19. The van der Waals surface area contributed by atoms with E-state index >= 15 is 0 Å². The number of urea groups is 1. The Balaban J connectivity index is 0.00000338. The Morgan fingerprint density at radius 3 is 2.58 bits per heavy atom. The first kappa shape index (κ1) is 22.2. The predicted octanol–water partition coefficient (Wildman–Crippen LogP) is 1.49. The highest BCUT2D eigenvalue weighted by Gasteiger charge is 2.33. The minimum absolute atomic E-state index is 0. The third-order valence-electron chi connectivity index (χ3n) is 4.25. The highest BCUT2D eigenvalue weighted by atomic mass is 35.5. The Labute approximate surface area is 161 Å². The molecule has 1 aromatic carbocycles. The number of benzene rings is 1. The molecule has 1 aliphatic heterocycles. The van der Waals surface area contributed by atoms with E-state index in [0.29, 0.717) is 31.5 Å². The number of rotatable bonds is 5. The van der Waals surface area contributed by atoms with Crippen LogP contribution >= 0.6 is 12.4 Å². The van der Waals surface area contributed by atoms with Crippen molar-refractivity contribution in [3.63, 3.8) is 0 Å². The van der Waals surface area contributed by atoms with Crippen LogP contribution in [0.3, 0.4) is 0 Å². The van der Waals surface area contributed by atoms with Gasteiger partial charge >= 0.3 is 6.03 Å². The molecule has 1 fully saturated rings. The molecule has 9 heteroatoms. The first-order valence-electron chi connectivity index (χ1n) is 8.26. The van der Waals surface area contributed by atoms with Crippen molar-refractivity contribution >= 4 is 28.3 Å². The number of hydrogen-bond donors (Lipinski definition) is 1. The fourth-order valence-corrected chi connectivity index (χ4v) is 4.54. The molecule has 0 radical (unpaired) electrons. The van der Waals surface area contributed by atoms with Crippen LogP contribution in [0.4, 0.5) is 4.79 Å². The van der Waals surface area contributed by atoms with Crippen LogP contribution in [-0.4, -0.2) is 69.8 Å². The monoisotopic (exact) mass is 400 g/mol. The second-order valence-corrected chi connectivity index (χ2v) is 8.65. The standard InChI is InChI=1S/C17H24N4O3S.ClH/c1-20(2)11-9-19-17(22)21-10-3-4-16(13-21)25(23,24)15-7-5-14(12-18)6-8-15;/h5-8,16H,3-4,9-11,13H2,1-2H3,(H,19,22);1H. The number of hydrogen-bond acceptors (Lipinski definition) is 5. The van der Waals surface area contributed by atoms with E-state index < -0.39 is 15.1 Å². The fourth-order valence-electron chi connectivity index (χ4n) is 2.79. The van der Waals surface area contributed by atoms with Gasteiger partial charge in [-0.15, -0.1) is 12.4 Å². The number of carbonyl (C=O) groups excluding carboxylic acids is 1. The maximum absolute atomic E-state index is 12.8. The number of likely N-dealkylation sites (N-methyl/N-ethyl adjacent to an activating group) is 1. The minimum Gasteiger partial charge on any atom is -0.337 e. The summed E-state index contributed by atoms with van der Waals surface area (Å²) >= 11 is 0. The van der Waals surface area contributed by atoms with Crippen molar-refractivity contribution in [3.05, 3.63) is 29.8 Å². The van der Waals surface area contributed by atoms with Crippen molar-refractivity contribution < 1.29 is 13.2 Å². The van der Waals surface area contributed by atoms with E-state index in [9.17, 15) is 13.2 Å². The highest BCUT2D eigenvalue weighted by molar-refractivity contribution is 7.92. The Bertz CT molecular complexity index is 744. The molecule has 7 nitrogen and oxygen atoms in total. The van der Waals surface area contributed by atoms with E-state index in [0.717, 1.165) is 6.54 Å². The SMILES string of the molecule is CN(C)CCNC(=O)N1CCCC(S(=O)(=O)c2ccc(C#N)cc2)C1.Cl. The number of nitriles is 1. The van der Waals surface area contributed by atoms with Gasteiger partial charge in [0.2, 0.25) is 0 Å². The number of halogens is 1. The van der Waals surface area contributed by atoms with Gasteiger partial charge < -0.3 is 15.1 Å². The van der Waals surface area contributed by atoms with Crippen LogP contribution in [0.25, 0.3) is 0 Å². The van der Waals surface area contributed by atoms with Crippen molar-refractivity contribution in [2.45, 2.75) is 23.0 Å². The number of likely N-dealkylation sites (tertiary alicyclic amines) is 1. The lowest BCUT2D eigenvalue weighted by Gasteiger charge is -2.32. The van der Waals surface area contributed by atoms with Crippen molar-refractivity contribution in [2.24, 2.45) is 0 Å². The zero-order valence-corrected chi connectivity index (χ0v) is 16.6. The zero-order valence-electron chi connectivity index (χ0n) is 15.0. The summed E-state index contributed by atoms with van der Waals surface area (Å²) in [4.78, 5) is 16.0. The summed E-state index contributed by atoms with van der Waals surface area (Å²) in [7, 11) is 0.321. The Morgan fingerprint density at radius 2 is 2.00 bits per heavy atom. The quantitative estimate of drug-likeness (QED) is 0.808. The smallest absolute Gasteiger partial charge is 0.317 e. The van der Waals surface area contributed by atoms with Gasteiger partial charge in [-0.25, -0.2) is 13.2 Å². The average Bonchev–Trinajstić information content (AvgIpc) is 2.61. The first-order chi connectivity index (χ1) is 11.8. The largest absolute Gasteiger partial charge is 0.337 e. The molecule has 1 heterocycles. The lowest BCUT2D eigenvalue weighted by molar-refractivity contribution is 0.186. The third-order valence-corrected chi connectivity index (χ3v) is 6.44. The number of piperidine rings is 1. The van der Waals surface area contributed by atoms with Crippen LogP contribution in [0.5, 0.6) is 0 Å². The van der Waals surface area contributed by atoms with Crippen molar-refractivity contribution in [2.75, 3.05) is 40.3 Å². The molecular formula is C17H25ClN4O3S. The summed E-state index contributed by atoms with van der Waals surface area (Å²) in [6.45, 7) is 2.01. The van der Waals surface area contributed by atoms with Gasteiger partial charge in [0, 0.05) is 26.2 Å². The van der Waals surface area contributed by atoms with Crippen molar-refractivity contribution in [1.29, 1.82) is 5.26 Å². The van der Waals surface area contributed by atoms with Gasteiger partial charge in [-0.05, 0) is 51.2 Å². The topological polar surface area (TPSA) is 93.5 Å². The summed E-state index contributed by atoms with van der Waals surface area (Å²) in [5.41, 5.74) is 0.421. The Kier molecular flexibility index (Phi) is 8.34. The Morgan fingerprint density at radius 1 is 1.35 bits per heavy atom. The molecule has 0 aliphatic carbocycles. The zero-order chi connectivity index (χ0) is 18.4. The molecule has 144 valence electrons. The van der Waals surface area contributed by atoms with E-state index in [1.165, 1.54) is 24.3 Å². The molecule has 0 bridgehead atoms. The number of nitrogens with zero attached hydrogens (tertiary/aromatic N) is 3. The van der Waals surface area contributed by atoms with E-state index in [1.807, 2.05) is 25.1 Å². The molecule has 0 spiro atoms. The lowest BCUT2D eigenvalue weighted by Crippen LogP contribution is -2.49. The molecule has 1 aliphatic rings. The number of amides is 2. The number of carbonyl (C=O) groups is 1. The second kappa shape index (κ2) is 9.76. The van der Waals surface area contributed by atoms with Crippen molar-refractivity contribution in [3.8, 4) is 6.07 Å². The first-order valence-corrected chi connectivity index (χ1v) is 9.81. The molecular weight excluding hydrogens is 376 g/mol. The van der Waals surface area contributed by atoms with Crippen molar-refractivity contribution in [1.82, 2.24) is 15.1 Å². The van der Waals surface area contributed by atoms with E-state index in [-0.39, 0.29) is 29.9 Å². The van der Waals surface area contributed by atoms with E-state index in [2.05, 4.69) is 5.32 Å². The molecule has 26 heavy (non-hydrogen) atoms. The third kappa shape index (κ3) is 5.59. The van der Waals surface area contributed by atoms with Gasteiger partial charge in [0.15, 0.2) is 9.84 Å². The molecule has 2 rings (SSSR count). The molecule has 1 aromatic rings. The van der Waals surface area contributed by atoms with Gasteiger partial charge in [-0.1, -0.05) is 0 Å². The summed E-state index contributed by atoms with van der Waals surface area (Å²) in [6, 6.07) is 7.68. The average molecular weight is 401 g/mol. The van der Waals surface area contributed by atoms with Crippen LogP contribution in [-0.2, 0) is 9.84 Å². The molecule has 0 saturated carbocycles. The summed E-state index contributed by atoms with van der Waals surface area (Å²) in [5.74, 6) is 0. The molecule has 1 N–H and O–H groups in total. The van der Waals surface area contributed by atoms with E-state index in [1.54, 1.807) is 4.90 Å². The normalized spacial score (nSPS) is 17.3. The lowest BCUT2D eigenvalue weighted by atomic mass is 10.1. The van der Waals surface area contributed by atoms with Gasteiger partial charge in [0.05, 0.1) is 21.8 Å². The molecule has 1 unspecified atom stereocenters. The van der Waals surface area contributed by atoms with Crippen LogP contribution in [0.2, 0.25) is 0 Å². The van der Waals surface area contributed by atoms with Crippen LogP contribution < -0.4 is 5.32 Å². The molecule has 1 atom stereocenters. The van der Waals surface area contributed by atoms with E-state index in [4.69, 9.17) is 5.26 Å². The van der Waals surface area contributed by atoms with Crippen LogP contribution in [0.1, 0.15) is 18.4 Å². The molecule has 0 aromatic heterocycles. The molecule has 1 saturated heterocycles. The van der Waals surface area contributed by atoms with Gasteiger partial charge in [0.1, 0.15) is 0 Å². The Hall–Kier alpha value is -1.82. The highest BCUT2D eigenvalue weighted by Crippen LogP contribution is 2.24. The van der Waals surface area contributed by atoms with Gasteiger partial charge in [-0.2, -0.15) is 5.26 Å². The maximum atomic E-state index is 12.8. The summed E-state index contributed by atoms with van der Waals surface area (Å²) < 4.78 is 25.6. The number of nitrogens with one attached hydrogen (secondary N) is 1. The second-order valence-electron chi connectivity index (χ2n) is 6.43. The predicted molar refractivity (Wildman–Crippen MR) is 102 cm³/mol. The van der Waals surface area contributed by atoms with Gasteiger partial charge in [0.25, 0.3) is 0 Å². The summed E-state index contributed by atoms with van der Waals surface area (Å²) in [5, 5.41) is 11.0. The molecule has 2 amide bonds. The maximum Gasteiger partial charge on any atom is 0.317 e.